The van der Waals surface area contributed by atoms with Crippen molar-refractivity contribution in [3.63, 3.8) is 0 Å². The summed E-state index contributed by atoms with van der Waals surface area (Å²) in [7, 11) is 0. The second-order valence-corrected chi connectivity index (χ2v) is 2.37. The Morgan fingerprint density at radius 3 is 2.56 bits per heavy atom. The van der Waals surface area contributed by atoms with E-state index in [1.54, 1.807) is 17.4 Å². The molecule has 0 aromatic carbocycles. The summed E-state index contributed by atoms with van der Waals surface area (Å²) in [5.41, 5.74) is 2.00. The fourth-order valence-corrected chi connectivity index (χ4v) is 1.40. The van der Waals surface area contributed by atoms with E-state index in [0.29, 0.717) is 0 Å². The van der Waals surface area contributed by atoms with Crippen LogP contribution in [0.5, 0.6) is 0 Å². The first-order chi connectivity index (χ1) is 4.38. The van der Waals surface area contributed by atoms with Crippen LogP contribution in [0.2, 0.25) is 0 Å². The van der Waals surface area contributed by atoms with Crippen LogP contribution >= 0.6 is 11.3 Å². The zero-order valence-corrected chi connectivity index (χ0v) is 5.74. The molecule has 0 spiro atoms. The fraction of sp³-hybridized carbons (Fsp3) is 0. The maximum absolute atomic E-state index is 6.94. The van der Waals surface area contributed by atoms with Gasteiger partial charge in [-0.1, -0.05) is 12.7 Å². The molecule has 0 bridgehead atoms. The van der Waals surface area contributed by atoms with E-state index in [4.69, 9.17) is 5.41 Å². The number of thiophene rings is 1. The van der Waals surface area contributed by atoms with Gasteiger partial charge in [0.05, 0.1) is 0 Å². The van der Waals surface area contributed by atoms with Crippen molar-refractivity contribution in [1.82, 2.24) is 0 Å². The van der Waals surface area contributed by atoms with Gasteiger partial charge in [-0.05, 0) is 10.9 Å². The quantitative estimate of drug-likeness (QED) is 0.605. The lowest BCUT2D eigenvalue weighted by Crippen LogP contribution is -1.75. The Bertz CT molecular complexity index is 202. The molecular formula is C7H7NS. The maximum atomic E-state index is 6.94. The van der Waals surface area contributed by atoms with Crippen molar-refractivity contribution in [2.75, 3.05) is 0 Å². The molecule has 0 aliphatic heterocycles. The molecule has 0 fully saturated rings. The van der Waals surface area contributed by atoms with E-state index in [-0.39, 0.29) is 0 Å². The Kier molecular flexibility index (Phi) is 1.80. The van der Waals surface area contributed by atoms with E-state index in [0.717, 1.165) is 11.1 Å². The molecule has 1 aromatic rings. The van der Waals surface area contributed by atoms with Crippen molar-refractivity contribution in [2.24, 2.45) is 0 Å². The van der Waals surface area contributed by atoms with Gasteiger partial charge in [-0.3, -0.25) is 0 Å². The third-order valence-corrected chi connectivity index (χ3v) is 1.88. The highest BCUT2D eigenvalue weighted by molar-refractivity contribution is 7.08. The molecule has 0 saturated heterocycles. The second-order valence-electron chi connectivity index (χ2n) is 1.63. The zero-order chi connectivity index (χ0) is 6.69. The van der Waals surface area contributed by atoms with Gasteiger partial charge in [0.2, 0.25) is 0 Å². The van der Waals surface area contributed by atoms with Crippen LogP contribution in [0.25, 0.3) is 6.08 Å². The normalized spacial score (nSPS) is 8.89. The minimum absolute atomic E-state index is 0.954. The van der Waals surface area contributed by atoms with Gasteiger partial charge in [-0.15, -0.1) is 0 Å². The lowest BCUT2D eigenvalue weighted by atomic mass is 10.2. The molecule has 0 unspecified atom stereocenters. The Labute approximate surface area is 58.2 Å². The van der Waals surface area contributed by atoms with E-state index < -0.39 is 0 Å². The molecule has 0 amide bonds. The number of hydrogen-bond donors (Lipinski definition) is 1. The SMILES string of the molecule is C=Cc1cscc1C=N. The lowest BCUT2D eigenvalue weighted by molar-refractivity contribution is 1.55. The molecule has 0 radical (unpaired) electrons. The van der Waals surface area contributed by atoms with E-state index in [2.05, 4.69) is 6.58 Å². The Hall–Kier alpha value is -0.890. The minimum Gasteiger partial charge on any atom is -0.308 e. The smallest absolute Gasteiger partial charge is 0.0264 e. The molecule has 1 rings (SSSR count). The third-order valence-electron chi connectivity index (χ3n) is 1.10. The summed E-state index contributed by atoms with van der Waals surface area (Å²) >= 11 is 1.59. The molecule has 1 nitrogen and oxygen atoms in total. The van der Waals surface area contributed by atoms with Crippen LogP contribution in [0.15, 0.2) is 17.3 Å². The standard InChI is InChI=1S/C7H7NS/c1-2-6-4-9-5-7(6)3-8/h2-5,8H,1H2. The molecule has 9 heavy (non-hydrogen) atoms. The number of nitrogens with one attached hydrogen (secondary N) is 1. The van der Waals surface area contributed by atoms with Crippen molar-refractivity contribution in [3.05, 3.63) is 28.5 Å². The lowest BCUT2D eigenvalue weighted by Gasteiger charge is -1.84. The maximum Gasteiger partial charge on any atom is 0.0264 e. The molecule has 0 saturated carbocycles. The monoisotopic (exact) mass is 137 g/mol. The summed E-state index contributed by atoms with van der Waals surface area (Å²) in [6.07, 6.45) is 3.10. The molecule has 0 aliphatic rings. The van der Waals surface area contributed by atoms with Crippen molar-refractivity contribution < 1.29 is 0 Å². The van der Waals surface area contributed by atoms with Crippen molar-refractivity contribution in [1.29, 1.82) is 5.41 Å². The molecule has 0 aliphatic carbocycles. The third kappa shape index (κ3) is 1.08. The van der Waals surface area contributed by atoms with Crippen LogP contribution in [0.3, 0.4) is 0 Å². The van der Waals surface area contributed by atoms with Crippen LogP contribution in [0.1, 0.15) is 11.1 Å². The highest BCUT2D eigenvalue weighted by Crippen LogP contribution is 2.13. The van der Waals surface area contributed by atoms with E-state index in [1.807, 2.05) is 10.8 Å². The van der Waals surface area contributed by atoms with Gasteiger partial charge in [0, 0.05) is 17.2 Å². The Balaban J connectivity index is 3.12. The predicted molar refractivity (Wildman–Crippen MR) is 42.3 cm³/mol. The topological polar surface area (TPSA) is 23.9 Å². The molecule has 1 aromatic heterocycles. The summed E-state index contributed by atoms with van der Waals surface area (Å²) in [4.78, 5) is 0. The molecule has 1 heterocycles. The van der Waals surface area contributed by atoms with Crippen LogP contribution in [-0.2, 0) is 0 Å². The van der Waals surface area contributed by atoms with Gasteiger partial charge in [-0.2, -0.15) is 11.3 Å². The summed E-state index contributed by atoms with van der Waals surface area (Å²) in [6.45, 7) is 3.62. The van der Waals surface area contributed by atoms with Crippen molar-refractivity contribution in [3.8, 4) is 0 Å². The fourth-order valence-electron chi connectivity index (χ4n) is 0.600. The average molecular weight is 137 g/mol. The first-order valence-corrected chi connectivity index (χ1v) is 3.52. The first-order valence-electron chi connectivity index (χ1n) is 2.57. The van der Waals surface area contributed by atoms with Crippen molar-refractivity contribution >= 4 is 23.6 Å². The van der Waals surface area contributed by atoms with E-state index in [9.17, 15) is 0 Å². The molecule has 0 atom stereocenters. The highest BCUT2D eigenvalue weighted by atomic mass is 32.1. The summed E-state index contributed by atoms with van der Waals surface area (Å²) < 4.78 is 0. The van der Waals surface area contributed by atoms with Gasteiger partial charge in [0.15, 0.2) is 0 Å². The molecule has 46 valence electrons. The predicted octanol–water partition coefficient (Wildman–Crippen LogP) is 2.39. The van der Waals surface area contributed by atoms with Crippen LogP contribution < -0.4 is 0 Å². The molecule has 1 N–H and O–H groups in total. The average Bonchev–Trinajstić information content (AvgIpc) is 2.33. The largest absolute Gasteiger partial charge is 0.308 e. The number of hydrogen-bond acceptors (Lipinski definition) is 2. The highest BCUT2D eigenvalue weighted by Gasteiger charge is 1.93. The Morgan fingerprint density at radius 2 is 2.11 bits per heavy atom. The van der Waals surface area contributed by atoms with Crippen LogP contribution in [0, 0.1) is 5.41 Å². The zero-order valence-electron chi connectivity index (χ0n) is 4.92. The van der Waals surface area contributed by atoms with Gasteiger partial charge < -0.3 is 5.41 Å². The van der Waals surface area contributed by atoms with E-state index >= 15 is 0 Å². The van der Waals surface area contributed by atoms with Crippen LogP contribution in [-0.4, -0.2) is 6.21 Å². The van der Waals surface area contributed by atoms with Crippen LogP contribution in [0.4, 0.5) is 0 Å². The second kappa shape index (κ2) is 2.60. The summed E-state index contributed by atoms with van der Waals surface area (Å²) in [5, 5.41) is 10.9. The van der Waals surface area contributed by atoms with Gasteiger partial charge in [0.25, 0.3) is 0 Å². The summed E-state index contributed by atoms with van der Waals surface area (Å²) in [5.74, 6) is 0. The Morgan fingerprint density at radius 1 is 1.44 bits per heavy atom. The first kappa shape index (κ1) is 6.23. The van der Waals surface area contributed by atoms with E-state index in [1.165, 1.54) is 6.21 Å². The van der Waals surface area contributed by atoms with Gasteiger partial charge >= 0.3 is 0 Å². The summed E-state index contributed by atoms with van der Waals surface area (Å²) in [6, 6.07) is 0. The van der Waals surface area contributed by atoms with Gasteiger partial charge in [0.1, 0.15) is 0 Å². The number of rotatable bonds is 2. The molecular weight excluding hydrogens is 130 g/mol. The van der Waals surface area contributed by atoms with Gasteiger partial charge in [-0.25, -0.2) is 0 Å². The molecule has 2 heteroatoms. The minimum atomic E-state index is 0.954. The van der Waals surface area contributed by atoms with Crippen molar-refractivity contribution in [2.45, 2.75) is 0 Å².